The van der Waals surface area contributed by atoms with Crippen LogP contribution in [-0.4, -0.2) is 58.4 Å². The molecule has 4 heterocycles. The summed E-state index contributed by atoms with van der Waals surface area (Å²) in [6, 6.07) is 5.13. The molecule has 0 spiro atoms. The van der Waals surface area contributed by atoms with Gasteiger partial charge in [-0.2, -0.15) is 5.10 Å². The van der Waals surface area contributed by atoms with Crippen molar-refractivity contribution in [3.63, 3.8) is 0 Å². The van der Waals surface area contributed by atoms with Crippen molar-refractivity contribution >= 4 is 23.2 Å². The monoisotopic (exact) mass is 456 g/mol. The molecule has 2 aliphatic heterocycles. The second-order valence-electron chi connectivity index (χ2n) is 8.79. The van der Waals surface area contributed by atoms with Crippen LogP contribution in [-0.2, 0) is 10.3 Å². The number of amides is 2. The quantitative estimate of drug-likeness (QED) is 0.647. The van der Waals surface area contributed by atoms with Crippen molar-refractivity contribution < 1.29 is 18.3 Å². The van der Waals surface area contributed by atoms with Crippen molar-refractivity contribution in [1.29, 1.82) is 0 Å². The fourth-order valence-corrected chi connectivity index (χ4v) is 4.92. The zero-order valence-electron chi connectivity index (χ0n) is 18.6. The number of benzene rings is 1. The minimum atomic E-state index is -0.744. The fourth-order valence-electron chi connectivity index (χ4n) is 4.92. The molecule has 0 bridgehead atoms. The Labute approximate surface area is 190 Å². The topological polar surface area (TPSA) is 75.0 Å². The van der Waals surface area contributed by atoms with Gasteiger partial charge in [0.15, 0.2) is 5.65 Å². The maximum absolute atomic E-state index is 14.7. The van der Waals surface area contributed by atoms with Gasteiger partial charge in [0.1, 0.15) is 23.1 Å². The Balaban J connectivity index is 1.45. The third-order valence-electron chi connectivity index (χ3n) is 6.79. The van der Waals surface area contributed by atoms with Gasteiger partial charge in [0.25, 0.3) is 0 Å². The van der Waals surface area contributed by atoms with Crippen molar-refractivity contribution in [2.24, 2.45) is 0 Å². The van der Waals surface area contributed by atoms with Gasteiger partial charge in [0, 0.05) is 38.5 Å². The van der Waals surface area contributed by atoms with E-state index in [9.17, 15) is 13.6 Å². The molecule has 8 nitrogen and oxygen atoms in total. The zero-order chi connectivity index (χ0) is 23.2. The Morgan fingerprint density at radius 3 is 2.91 bits per heavy atom. The Morgan fingerprint density at radius 2 is 2.12 bits per heavy atom. The third-order valence-corrected chi connectivity index (χ3v) is 6.79. The van der Waals surface area contributed by atoms with E-state index in [0.29, 0.717) is 48.8 Å². The van der Waals surface area contributed by atoms with E-state index in [2.05, 4.69) is 10.4 Å². The Bertz CT molecular complexity index is 1200. The number of anilines is 2. The summed E-state index contributed by atoms with van der Waals surface area (Å²) < 4.78 is 35.5. The molecule has 2 saturated heterocycles. The van der Waals surface area contributed by atoms with Crippen molar-refractivity contribution in [3.8, 4) is 0 Å². The minimum absolute atomic E-state index is 0.0421. The van der Waals surface area contributed by atoms with Crippen molar-refractivity contribution in [2.45, 2.75) is 37.8 Å². The molecule has 5 rings (SSSR count). The van der Waals surface area contributed by atoms with Gasteiger partial charge in [0.05, 0.1) is 17.8 Å². The molecule has 10 heteroatoms. The molecule has 0 unspecified atom stereocenters. The molecule has 3 aromatic rings. The average molecular weight is 456 g/mol. The molecule has 2 aliphatic rings. The van der Waals surface area contributed by atoms with Crippen molar-refractivity contribution in [1.82, 2.24) is 19.5 Å². The number of nitrogens with zero attached hydrogens (tertiary/aromatic N) is 5. The number of hydrogen-bond donors (Lipinski definition) is 1. The number of likely N-dealkylation sites (tertiary alicyclic amines) is 1. The van der Waals surface area contributed by atoms with E-state index in [1.165, 1.54) is 12.1 Å². The number of carbonyl (C=O) groups is 1. The number of ether oxygens (including phenoxy) is 1. The Morgan fingerprint density at radius 1 is 1.27 bits per heavy atom. The SMILES string of the molecule is CO[C@H]1CCN(C(=O)Nc2cnn3ccc(N4CCC[C@]4(C)c4cc(F)ccc4F)nc23)C1. The van der Waals surface area contributed by atoms with Crippen LogP contribution in [0.3, 0.4) is 0 Å². The summed E-state index contributed by atoms with van der Waals surface area (Å²) in [7, 11) is 1.64. The lowest BCUT2D eigenvalue weighted by molar-refractivity contribution is 0.111. The summed E-state index contributed by atoms with van der Waals surface area (Å²) in [6.45, 7) is 3.71. The first-order valence-corrected chi connectivity index (χ1v) is 11.1. The van der Waals surface area contributed by atoms with Crippen LogP contribution in [0.4, 0.5) is 25.1 Å². The molecule has 1 N–H and O–H groups in total. The van der Waals surface area contributed by atoms with Crippen LogP contribution in [0, 0.1) is 11.6 Å². The second-order valence-corrected chi connectivity index (χ2v) is 8.79. The Kier molecular flexibility index (Phi) is 5.40. The summed E-state index contributed by atoms with van der Waals surface area (Å²) in [5, 5.41) is 7.18. The van der Waals surface area contributed by atoms with Gasteiger partial charge >= 0.3 is 6.03 Å². The van der Waals surface area contributed by atoms with E-state index in [1.54, 1.807) is 35.0 Å². The third kappa shape index (κ3) is 3.78. The molecule has 0 radical (unpaired) electrons. The lowest BCUT2D eigenvalue weighted by atomic mass is 9.88. The average Bonchev–Trinajstić information content (AvgIpc) is 3.54. The fraction of sp³-hybridized carbons (Fsp3) is 0.435. The predicted octanol–water partition coefficient (Wildman–Crippen LogP) is 3.78. The number of rotatable bonds is 4. The summed E-state index contributed by atoms with van der Waals surface area (Å²) >= 11 is 0. The highest BCUT2D eigenvalue weighted by atomic mass is 19.1. The van der Waals surface area contributed by atoms with E-state index in [4.69, 9.17) is 9.72 Å². The molecule has 1 aromatic carbocycles. The summed E-state index contributed by atoms with van der Waals surface area (Å²) in [4.78, 5) is 21.2. The van der Waals surface area contributed by atoms with Crippen LogP contribution >= 0.6 is 0 Å². The smallest absolute Gasteiger partial charge is 0.322 e. The van der Waals surface area contributed by atoms with Gasteiger partial charge in [0.2, 0.25) is 0 Å². The molecule has 33 heavy (non-hydrogen) atoms. The van der Waals surface area contributed by atoms with Gasteiger partial charge in [-0.15, -0.1) is 0 Å². The molecule has 174 valence electrons. The normalized spacial score (nSPS) is 23.0. The van der Waals surface area contributed by atoms with E-state index in [0.717, 1.165) is 18.9 Å². The standard InChI is InChI=1S/C23H26F2N6O2/c1-23(17-12-15(24)4-5-18(17)25)8-3-9-30(23)20-7-11-31-21(28-20)19(13-26-31)27-22(32)29-10-6-16(14-29)33-2/h4-5,7,11-13,16H,3,6,8-10,14H2,1-2H3,(H,27,32)/t16-,23+/m0/s1. The lowest BCUT2D eigenvalue weighted by Gasteiger charge is -2.37. The molecular formula is C23H26F2N6O2. The Hall–Kier alpha value is -3.27. The van der Waals surface area contributed by atoms with Crippen LogP contribution in [0.25, 0.3) is 5.65 Å². The summed E-state index contributed by atoms with van der Waals surface area (Å²) in [6.07, 6.45) is 5.64. The first-order valence-electron chi connectivity index (χ1n) is 11.1. The van der Waals surface area contributed by atoms with Gasteiger partial charge < -0.3 is 19.9 Å². The van der Waals surface area contributed by atoms with Gasteiger partial charge in [-0.1, -0.05) is 0 Å². The number of fused-ring (bicyclic) bond motifs is 1. The van der Waals surface area contributed by atoms with Crippen LogP contribution in [0.1, 0.15) is 31.7 Å². The van der Waals surface area contributed by atoms with Crippen LogP contribution in [0.5, 0.6) is 0 Å². The zero-order valence-corrected chi connectivity index (χ0v) is 18.6. The number of nitrogens with one attached hydrogen (secondary N) is 1. The summed E-state index contributed by atoms with van der Waals surface area (Å²) in [5.41, 5.74) is 0.536. The number of halogens is 2. The highest BCUT2D eigenvalue weighted by Gasteiger charge is 2.41. The summed E-state index contributed by atoms with van der Waals surface area (Å²) in [5.74, 6) is -0.298. The van der Waals surface area contributed by atoms with E-state index < -0.39 is 17.2 Å². The molecule has 2 atom stereocenters. The van der Waals surface area contributed by atoms with Crippen molar-refractivity contribution in [2.75, 3.05) is 37.0 Å². The number of aromatic nitrogens is 3. The van der Waals surface area contributed by atoms with Gasteiger partial charge in [-0.05, 0) is 50.5 Å². The lowest BCUT2D eigenvalue weighted by Crippen LogP contribution is -2.40. The number of carbonyl (C=O) groups excluding carboxylic acids is 1. The van der Waals surface area contributed by atoms with E-state index in [1.807, 2.05) is 11.8 Å². The van der Waals surface area contributed by atoms with Crippen LogP contribution in [0.2, 0.25) is 0 Å². The number of hydrogen-bond acceptors (Lipinski definition) is 5. The maximum atomic E-state index is 14.7. The van der Waals surface area contributed by atoms with Crippen LogP contribution < -0.4 is 10.2 Å². The van der Waals surface area contributed by atoms with Gasteiger partial charge in [-0.25, -0.2) is 23.1 Å². The van der Waals surface area contributed by atoms with E-state index >= 15 is 0 Å². The van der Waals surface area contributed by atoms with Gasteiger partial charge in [-0.3, -0.25) is 0 Å². The van der Waals surface area contributed by atoms with Crippen LogP contribution in [0.15, 0.2) is 36.7 Å². The molecular weight excluding hydrogens is 430 g/mol. The molecule has 2 amide bonds. The molecule has 2 aromatic heterocycles. The van der Waals surface area contributed by atoms with E-state index in [-0.39, 0.29) is 12.1 Å². The molecule has 2 fully saturated rings. The highest BCUT2D eigenvalue weighted by molar-refractivity contribution is 5.93. The predicted molar refractivity (Wildman–Crippen MR) is 119 cm³/mol. The minimum Gasteiger partial charge on any atom is -0.380 e. The number of urea groups is 1. The number of methoxy groups -OCH3 is 1. The first-order chi connectivity index (χ1) is 15.9. The largest absolute Gasteiger partial charge is 0.380 e. The first kappa shape index (κ1) is 21.6. The maximum Gasteiger partial charge on any atom is 0.322 e. The highest BCUT2D eigenvalue weighted by Crippen LogP contribution is 2.42. The molecule has 0 aliphatic carbocycles. The molecule has 0 saturated carbocycles. The van der Waals surface area contributed by atoms with Crippen molar-refractivity contribution in [3.05, 3.63) is 53.9 Å². The second kappa shape index (κ2) is 8.26.